The lowest BCUT2D eigenvalue weighted by Gasteiger charge is -2.31. The highest BCUT2D eigenvalue weighted by Crippen LogP contribution is 2.40. The summed E-state index contributed by atoms with van der Waals surface area (Å²) in [5.74, 6) is 1.72. The molecule has 7 heteroatoms. The predicted molar refractivity (Wildman–Crippen MR) is 133 cm³/mol. The van der Waals surface area contributed by atoms with Crippen molar-refractivity contribution >= 4 is 5.97 Å². The van der Waals surface area contributed by atoms with Crippen LogP contribution >= 0.6 is 0 Å². The van der Waals surface area contributed by atoms with Crippen molar-refractivity contribution in [2.75, 3.05) is 20.2 Å². The van der Waals surface area contributed by atoms with Gasteiger partial charge in [0.15, 0.2) is 0 Å². The number of carbonyl (C=O) groups excluding carboxylic acids is 1. The van der Waals surface area contributed by atoms with Crippen molar-refractivity contribution < 1.29 is 27.4 Å². The second-order valence-corrected chi connectivity index (χ2v) is 10.4. The molecule has 1 unspecified atom stereocenters. The van der Waals surface area contributed by atoms with Gasteiger partial charge in [0, 0.05) is 6.42 Å². The lowest BCUT2D eigenvalue weighted by atomic mass is 9.74. The van der Waals surface area contributed by atoms with Gasteiger partial charge >= 0.3 is 12.3 Å². The van der Waals surface area contributed by atoms with Crippen LogP contribution in [0.25, 0.3) is 0 Å². The summed E-state index contributed by atoms with van der Waals surface area (Å²) in [6.45, 7) is 7.07. The summed E-state index contributed by atoms with van der Waals surface area (Å²) in [5.41, 5.74) is 0.947. The average Bonchev–Trinajstić information content (AvgIpc) is 2.83. The van der Waals surface area contributed by atoms with E-state index in [1.807, 2.05) is 0 Å². The molecule has 2 saturated carbocycles. The van der Waals surface area contributed by atoms with Crippen LogP contribution in [0.1, 0.15) is 96.0 Å². The van der Waals surface area contributed by atoms with Gasteiger partial charge in [-0.25, -0.2) is 0 Å². The molecule has 0 spiro atoms. The first kappa shape index (κ1) is 29.5. The van der Waals surface area contributed by atoms with Crippen molar-refractivity contribution in [3.63, 3.8) is 0 Å². The standard InChI is InChI=1S/C16H19F3O3.C12H25N/c1-21-15(20)10-12-4-2-3-5-14(12)11-6-8-13(9-7-11)22-16(17,18)19;1-11(2)8-9-13-10-12-6-4-3-5-7-12/h6-9,12,14H,2-5,10H2,1H3;11-13H,3-10H2,1-2H3/t12-,14?;/m1./s1. The molecule has 2 aliphatic carbocycles. The second-order valence-electron chi connectivity index (χ2n) is 10.4. The highest BCUT2D eigenvalue weighted by Gasteiger charge is 2.32. The van der Waals surface area contributed by atoms with Crippen LogP contribution in [-0.4, -0.2) is 32.5 Å². The number of carbonyl (C=O) groups is 1. The summed E-state index contributed by atoms with van der Waals surface area (Å²) in [6, 6.07) is 5.96. The first-order valence-electron chi connectivity index (χ1n) is 13.3. The normalized spacial score (nSPS) is 21.2. The van der Waals surface area contributed by atoms with Crippen molar-refractivity contribution in [2.45, 2.75) is 96.8 Å². The van der Waals surface area contributed by atoms with Crippen LogP contribution in [0.4, 0.5) is 13.2 Å². The van der Waals surface area contributed by atoms with Gasteiger partial charge in [0.1, 0.15) is 5.75 Å². The number of hydrogen-bond donors (Lipinski definition) is 1. The molecule has 0 aliphatic heterocycles. The molecule has 2 fully saturated rings. The molecule has 2 aliphatic rings. The molecule has 1 N–H and O–H groups in total. The van der Waals surface area contributed by atoms with Gasteiger partial charge < -0.3 is 14.8 Å². The summed E-state index contributed by atoms with van der Waals surface area (Å²) >= 11 is 0. The molecule has 0 saturated heterocycles. The van der Waals surface area contributed by atoms with Gasteiger partial charge in [-0.2, -0.15) is 0 Å². The quantitative estimate of drug-likeness (QED) is 0.280. The zero-order valence-electron chi connectivity index (χ0n) is 21.7. The minimum Gasteiger partial charge on any atom is -0.469 e. The van der Waals surface area contributed by atoms with Gasteiger partial charge in [-0.15, -0.1) is 13.2 Å². The monoisotopic (exact) mass is 499 g/mol. The maximum absolute atomic E-state index is 12.2. The molecule has 3 rings (SSSR count). The average molecular weight is 500 g/mol. The Balaban J connectivity index is 0.000000283. The third-order valence-electron chi connectivity index (χ3n) is 7.16. The number of esters is 1. The molecule has 0 heterocycles. The van der Waals surface area contributed by atoms with E-state index in [1.54, 1.807) is 12.1 Å². The van der Waals surface area contributed by atoms with Crippen LogP contribution in [0.5, 0.6) is 5.75 Å². The Labute approximate surface area is 209 Å². The third kappa shape index (κ3) is 12.2. The third-order valence-corrected chi connectivity index (χ3v) is 7.16. The van der Waals surface area contributed by atoms with Crippen molar-refractivity contribution in [1.29, 1.82) is 0 Å². The summed E-state index contributed by atoms with van der Waals surface area (Å²) in [5, 5.41) is 3.59. The second kappa shape index (κ2) is 15.4. The summed E-state index contributed by atoms with van der Waals surface area (Å²) in [7, 11) is 1.36. The van der Waals surface area contributed by atoms with E-state index < -0.39 is 6.36 Å². The van der Waals surface area contributed by atoms with Crippen LogP contribution in [0.15, 0.2) is 24.3 Å². The molecule has 0 radical (unpaired) electrons. The minimum absolute atomic E-state index is 0.174. The number of ether oxygens (including phenoxy) is 2. The number of halogens is 3. The van der Waals surface area contributed by atoms with E-state index in [4.69, 9.17) is 4.74 Å². The predicted octanol–water partition coefficient (Wildman–Crippen LogP) is 7.62. The van der Waals surface area contributed by atoms with Crippen molar-refractivity contribution in [3.8, 4) is 5.75 Å². The van der Waals surface area contributed by atoms with Gasteiger partial charge in [-0.3, -0.25) is 4.79 Å². The Morgan fingerprint density at radius 3 is 2.23 bits per heavy atom. The topological polar surface area (TPSA) is 47.6 Å². The van der Waals surface area contributed by atoms with E-state index >= 15 is 0 Å². The van der Waals surface area contributed by atoms with Crippen molar-refractivity contribution in [1.82, 2.24) is 5.32 Å². The Hall–Kier alpha value is -1.76. The zero-order chi connectivity index (χ0) is 25.7. The number of methoxy groups -OCH3 is 1. The summed E-state index contributed by atoms with van der Waals surface area (Å²) < 4.78 is 45.1. The van der Waals surface area contributed by atoms with Crippen LogP contribution in [0.2, 0.25) is 0 Å². The number of rotatable bonds is 9. The molecule has 1 aromatic carbocycles. The highest BCUT2D eigenvalue weighted by atomic mass is 19.4. The molecule has 0 bridgehead atoms. The molecule has 0 amide bonds. The Morgan fingerprint density at radius 2 is 1.63 bits per heavy atom. The fourth-order valence-corrected chi connectivity index (χ4v) is 5.19. The molecule has 200 valence electrons. The molecule has 2 atom stereocenters. The smallest absolute Gasteiger partial charge is 0.469 e. The molecular formula is C28H44F3NO3. The van der Waals surface area contributed by atoms with Crippen LogP contribution in [0, 0.1) is 17.8 Å². The van der Waals surface area contributed by atoms with Gasteiger partial charge in [0.2, 0.25) is 0 Å². The molecule has 35 heavy (non-hydrogen) atoms. The highest BCUT2D eigenvalue weighted by molar-refractivity contribution is 5.69. The van der Waals surface area contributed by atoms with E-state index in [-0.39, 0.29) is 23.6 Å². The Morgan fingerprint density at radius 1 is 1.00 bits per heavy atom. The van der Waals surface area contributed by atoms with Crippen molar-refractivity contribution in [3.05, 3.63) is 29.8 Å². The zero-order valence-corrected chi connectivity index (χ0v) is 21.7. The van der Waals surface area contributed by atoms with Crippen LogP contribution in [0.3, 0.4) is 0 Å². The van der Waals surface area contributed by atoms with E-state index in [2.05, 4.69) is 23.9 Å². The number of benzene rings is 1. The van der Waals surface area contributed by atoms with E-state index in [0.29, 0.717) is 6.42 Å². The largest absolute Gasteiger partial charge is 0.573 e. The summed E-state index contributed by atoms with van der Waals surface area (Å²) in [4.78, 5) is 11.5. The first-order chi connectivity index (χ1) is 16.7. The number of nitrogens with one attached hydrogen (secondary N) is 1. The molecule has 4 nitrogen and oxygen atoms in total. The summed E-state index contributed by atoms with van der Waals surface area (Å²) in [6.07, 6.45) is 8.33. The lowest BCUT2D eigenvalue weighted by molar-refractivity contribution is -0.274. The molecule has 0 aromatic heterocycles. The van der Waals surface area contributed by atoms with Crippen molar-refractivity contribution in [2.24, 2.45) is 17.8 Å². The van der Waals surface area contributed by atoms with Crippen LogP contribution in [-0.2, 0) is 9.53 Å². The maximum Gasteiger partial charge on any atom is 0.573 e. The fourth-order valence-electron chi connectivity index (χ4n) is 5.19. The minimum atomic E-state index is -4.68. The molecular weight excluding hydrogens is 455 g/mol. The Kier molecular flexibility index (Phi) is 12.9. The van der Waals surface area contributed by atoms with E-state index in [0.717, 1.165) is 43.1 Å². The number of hydrogen-bond acceptors (Lipinski definition) is 4. The maximum atomic E-state index is 12.2. The van der Waals surface area contributed by atoms with Gasteiger partial charge in [-0.1, -0.05) is 58.1 Å². The van der Waals surface area contributed by atoms with Gasteiger partial charge in [-0.05, 0) is 86.6 Å². The van der Waals surface area contributed by atoms with Gasteiger partial charge in [0.25, 0.3) is 0 Å². The van der Waals surface area contributed by atoms with Crippen LogP contribution < -0.4 is 10.1 Å². The van der Waals surface area contributed by atoms with Gasteiger partial charge in [0.05, 0.1) is 7.11 Å². The van der Waals surface area contributed by atoms with E-state index in [9.17, 15) is 18.0 Å². The SMILES string of the molecule is CC(C)CCNCC1CCCCC1.COC(=O)C[C@H]1CCCCC1c1ccc(OC(F)(F)F)cc1. The van der Waals surface area contributed by atoms with E-state index in [1.165, 1.54) is 70.9 Å². The number of alkyl halides is 3. The molecule has 1 aromatic rings. The first-order valence-corrected chi connectivity index (χ1v) is 13.3. The lowest BCUT2D eigenvalue weighted by Crippen LogP contribution is -2.25. The Bertz CT molecular complexity index is 715. The fraction of sp³-hybridized carbons (Fsp3) is 0.750.